The second-order valence-corrected chi connectivity index (χ2v) is 3.83. The van der Waals surface area contributed by atoms with Crippen molar-refractivity contribution < 1.29 is 4.74 Å². The number of ether oxygens (including phenoxy) is 1. The molecular formula is C14H17N3O. The lowest BCUT2D eigenvalue weighted by Gasteiger charge is -2.08. The van der Waals surface area contributed by atoms with Gasteiger partial charge in [-0.2, -0.15) is 0 Å². The molecule has 0 unspecified atom stereocenters. The van der Waals surface area contributed by atoms with Crippen LogP contribution in [0.1, 0.15) is 0 Å². The van der Waals surface area contributed by atoms with Gasteiger partial charge in [-0.15, -0.1) is 0 Å². The Hall–Kier alpha value is -2.07. The van der Waals surface area contributed by atoms with E-state index in [1.807, 2.05) is 36.4 Å². The number of rotatable bonds is 5. The van der Waals surface area contributed by atoms with E-state index in [1.165, 1.54) is 0 Å². The van der Waals surface area contributed by atoms with Crippen molar-refractivity contribution >= 4 is 16.6 Å². The minimum absolute atomic E-state index is 0.557. The van der Waals surface area contributed by atoms with E-state index < -0.39 is 0 Å². The Morgan fingerprint density at radius 2 is 2.22 bits per heavy atom. The van der Waals surface area contributed by atoms with Crippen LogP contribution in [-0.4, -0.2) is 25.2 Å². The van der Waals surface area contributed by atoms with Gasteiger partial charge in [0.15, 0.2) is 0 Å². The van der Waals surface area contributed by atoms with Gasteiger partial charge in [-0.25, -0.2) is 4.98 Å². The Morgan fingerprint density at radius 1 is 1.33 bits per heavy atom. The monoisotopic (exact) mass is 243 g/mol. The number of nitrogens with two attached hydrogens (primary N) is 1. The summed E-state index contributed by atoms with van der Waals surface area (Å²) in [5.74, 6) is 1.72. The molecule has 3 N–H and O–H groups in total. The lowest BCUT2D eigenvalue weighted by Crippen LogP contribution is -2.02. The molecule has 0 radical (unpaired) electrons. The molecule has 1 aromatic heterocycles. The lowest BCUT2D eigenvalue weighted by molar-refractivity contribution is 0.415. The van der Waals surface area contributed by atoms with E-state index in [2.05, 4.69) is 10.3 Å². The summed E-state index contributed by atoms with van der Waals surface area (Å²) >= 11 is 0. The summed E-state index contributed by atoms with van der Waals surface area (Å²) in [6.45, 7) is 1.27. The molecule has 1 heterocycles. The van der Waals surface area contributed by atoms with Crippen molar-refractivity contribution in [2.75, 3.05) is 25.5 Å². The van der Waals surface area contributed by atoms with E-state index in [1.54, 1.807) is 13.3 Å². The molecule has 0 amide bonds. The van der Waals surface area contributed by atoms with Gasteiger partial charge in [0.25, 0.3) is 0 Å². The largest absolute Gasteiger partial charge is 0.497 e. The van der Waals surface area contributed by atoms with Crippen molar-refractivity contribution in [1.29, 1.82) is 0 Å². The maximum atomic E-state index is 5.39. The topological polar surface area (TPSA) is 60.2 Å². The Balaban J connectivity index is 2.25. The van der Waals surface area contributed by atoms with Gasteiger partial charge in [0.1, 0.15) is 11.6 Å². The number of fused-ring (bicyclic) bond motifs is 1. The normalized spacial score (nSPS) is 11.0. The molecule has 0 aliphatic rings. The van der Waals surface area contributed by atoms with Crippen molar-refractivity contribution in [2.45, 2.75) is 0 Å². The summed E-state index contributed by atoms with van der Waals surface area (Å²) < 4.78 is 5.21. The predicted molar refractivity (Wildman–Crippen MR) is 75.0 cm³/mol. The van der Waals surface area contributed by atoms with Gasteiger partial charge in [-0.1, -0.05) is 12.2 Å². The first-order chi connectivity index (χ1) is 8.85. The number of nitrogens with one attached hydrogen (secondary N) is 1. The number of benzene rings is 1. The van der Waals surface area contributed by atoms with Crippen LogP contribution in [0.15, 0.2) is 42.6 Å². The summed E-state index contributed by atoms with van der Waals surface area (Å²) in [4.78, 5) is 4.34. The quantitative estimate of drug-likeness (QED) is 0.790. The van der Waals surface area contributed by atoms with Crippen molar-refractivity contribution in [3.05, 3.63) is 42.6 Å². The molecule has 2 aromatic rings. The minimum atomic E-state index is 0.557. The summed E-state index contributed by atoms with van der Waals surface area (Å²) in [5, 5.41) is 5.45. The average Bonchev–Trinajstić information content (AvgIpc) is 2.43. The maximum absolute atomic E-state index is 5.39. The van der Waals surface area contributed by atoms with Crippen LogP contribution in [0.25, 0.3) is 10.8 Å². The third kappa shape index (κ3) is 2.78. The molecule has 0 saturated heterocycles. The highest BCUT2D eigenvalue weighted by Gasteiger charge is 2.02. The molecule has 0 spiro atoms. The lowest BCUT2D eigenvalue weighted by atomic mass is 10.1. The SMILES string of the molecule is COc1ccc2c(NC/C=C/CN)nccc2c1. The number of hydrogen-bond donors (Lipinski definition) is 2. The van der Waals surface area contributed by atoms with Crippen LogP contribution in [0.2, 0.25) is 0 Å². The highest BCUT2D eigenvalue weighted by Crippen LogP contribution is 2.24. The number of pyridine rings is 1. The number of anilines is 1. The fraction of sp³-hybridized carbons (Fsp3) is 0.214. The molecule has 2 rings (SSSR count). The molecule has 0 aliphatic carbocycles. The third-order valence-electron chi connectivity index (χ3n) is 2.66. The molecule has 0 atom stereocenters. The van der Waals surface area contributed by atoms with Crippen LogP contribution in [0.5, 0.6) is 5.75 Å². The molecule has 1 aromatic carbocycles. The summed E-state index contributed by atoms with van der Waals surface area (Å²) in [6, 6.07) is 7.91. The second-order valence-electron chi connectivity index (χ2n) is 3.83. The van der Waals surface area contributed by atoms with E-state index in [-0.39, 0.29) is 0 Å². The Bertz CT molecular complexity index is 552. The number of aromatic nitrogens is 1. The van der Waals surface area contributed by atoms with E-state index in [9.17, 15) is 0 Å². The van der Waals surface area contributed by atoms with Gasteiger partial charge in [0.05, 0.1) is 7.11 Å². The number of methoxy groups -OCH3 is 1. The molecule has 0 aliphatic heterocycles. The smallest absolute Gasteiger partial charge is 0.134 e. The van der Waals surface area contributed by atoms with Crippen LogP contribution in [-0.2, 0) is 0 Å². The van der Waals surface area contributed by atoms with Gasteiger partial charge in [-0.05, 0) is 29.7 Å². The van der Waals surface area contributed by atoms with Crippen molar-refractivity contribution in [1.82, 2.24) is 4.98 Å². The zero-order valence-electron chi connectivity index (χ0n) is 10.4. The van der Waals surface area contributed by atoms with Crippen molar-refractivity contribution in [2.24, 2.45) is 5.73 Å². The first-order valence-corrected chi connectivity index (χ1v) is 5.87. The molecule has 0 bridgehead atoms. The summed E-state index contributed by atoms with van der Waals surface area (Å²) in [6.07, 6.45) is 5.70. The molecule has 0 fully saturated rings. The van der Waals surface area contributed by atoms with Gasteiger partial charge >= 0.3 is 0 Å². The highest BCUT2D eigenvalue weighted by molar-refractivity contribution is 5.92. The van der Waals surface area contributed by atoms with Crippen LogP contribution in [0, 0.1) is 0 Å². The van der Waals surface area contributed by atoms with E-state index in [4.69, 9.17) is 10.5 Å². The Morgan fingerprint density at radius 3 is 3.00 bits per heavy atom. The standard InChI is InChI=1S/C14H17N3O/c1-18-12-4-5-13-11(10-12)6-9-17-14(13)16-8-3-2-7-15/h2-6,9-10H,7-8,15H2,1H3,(H,16,17)/b3-2+. The first-order valence-electron chi connectivity index (χ1n) is 5.87. The first kappa shape index (κ1) is 12.4. The van der Waals surface area contributed by atoms with Gasteiger partial charge in [0.2, 0.25) is 0 Å². The Kier molecular flexibility index (Phi) is 4.15. The van der Waals surface area contributed by atoms with Crippen molar-refractivity contribution in [3.63, 3.8) is 0 Å². The van der Waals surface area contributed by atoms with Crippen LogP contribution >= 0.6 is 0 Å². The van der Waals surface area contributed by atoms with E-state index in [0.29, 0.717) is 6.54 Å². The Labute approximate surface area is 106 Å². The summed E-state index contributed by atoms with van der Waals surface area (Å²) in [5.41, 5.74) is 5.39. The fourth-order valence-electron chi connectivity index (χ4n) is 1.76. The second kappa shape index (κ2) is 6.02. The highest BCUT2D eigenvalue weighted by atomic mass is 16.5. The molecule has 18 heavy (non-hydrogen) atoms. The predicted octanol–water partition coefficient (Wildman–Crippen LogP) is 2.17. The van der Waals surface area contributed by atoms with Crippen LogP contribution < -0.4 is 15.8 Å². The minimum Gasteiger partial charge on any atom is -0.497 e. The maximum Gasteiger partial charge on any atom is 0.134 e. The molecular weight excluding hydrogens is 226 g/mol. The number of nitrogens with zero attached hydrogens (tertiary/aromatic N) is 1. The molecule has 4 heteroatoms. The summed E-state index contributed by atoms with van der Waals surface area (Å²) in [7, 11) is 1.67. The number of hydrogen-bond acceptors (Lipinski definition) is 4. The molecule has 0 saturated carbocycles. The van der Waals surface area contributed by atoms with Gasteiger partial charge in [-0.3, -0.25) is 0 Å². The van der Waals surface area contributed by atoms with Gasteiger partial charge < -0.3 is 15.8 Å². The molecule has 4 nitrogen and oxygen atoms in total. The fourth-order valence-corrected chi connectivity index (χ4v) is 1.76. The van der Waals surface area contributed by atoms with Gasteiger partial charge in [0, 0.05) is 24.7 Å². The van der Waals surface area contributed by atoms with Crippen LogP contribution in [0.4, 0.5) is 5.82 Å². The molecule has 94 valence electrons. The third-order valence-corrected chi connectivity index (χ3v) is 2.66. The zero-order chi connectivity index (χ0) is 12.8. The van der Waals surface area contributed by atoms with Crippen LogP contribution in [0.3, 0.4) is 0 Å². The zero-order valence-corrected chi connectivity index (χ0v) is 10.4. The average molecular weight is 243 g/mol. The van der Waals surface area contributed by atoms with E-state index in [0.717, 1.165) is 28.9 Å². The van der Waals surface area contributed by atoms with E-state index >= 15 is 0 Å². The van der Waals surface area contributed by atoms with Crippen molar-refractivity contribution in [3.8, 4) is 5.75 Å².